The molecule has 0 bridgehead atoms. The second kappa shape index (κ2) is 9.44. The van der Waals surface area contributed by atoms with Crippen molar-refractivity contribution in [3.8, 4) is 0 Å². The average molecular weight is 401 g/mol. The predicted molar refractivity (Wildman–Crippen MR) is 111 cm³/mol. The number of carbonyl (C=O) groups is 1. The molecule has 1 amide bonds. The van der Waals surface area contributed by atoms with Crippen LogP contribution in [0.1, 0.15) is 38.2 Å². The van der Waals surface area contributed by atoms with Crippen molar-refractivity contribution in [3.63, 3.8) is 0 Å². The molecule has 1 aromatic heterocycles. The molecule has 158 valence electrons. The largest absolute Gasteiger partial charge is 0.501 e. The molecule has 3 rings (SSSR count). The van der Waals surface area contributed by atoms with Crippen LogP contribution in [0.3, 0.4) is 0 Å². The number of likely N-dealkylation sites (tertiary alicyclic amines) is 1. The van der Waals surface area contributed by atoms with Gasteiger partial charge in [0.05, 0.1) is 26.2 Å². The molecule has 2 aliphatic rings. The summed E-state index contributed by atoms with van der Waals surface area (Å²) in [5.74, 6) is 1.65. The van der Waals surface area contributed by atoms with Crippen LogP contribution in [0.4, 0.5) is 0 Å². The minimum Gasteiger partial charge on any atom is -0.501 e. The zero-order chi connectivity index (χ0) is 21.0. The summed E-state index contributed by atoms with van der Waals surface area (Å²) in [6.45, 7) is 5.97. The SMILES string of the molecule is COC1=CC(O)C(C(CC(=O)N2CC(C)CC(C)C2)c2cccnc2)C(OC)=C1. The Hall–Kier alpha value is -2.34. The Morgan fingerprint density at radius 1 is 1.28 bits per heavy atom. The molecule has 0 radical (unpaired) electrons. The van der Waals surface area contributed by atoms with Crippen LogP contribution >= 0.6 is 0 Å². The number of pyridine rings is 1. The third-order valence-corrected chi connectivity index (χ3v) is 5.95. The molecule has 0 saturated carbocycles. The zero-order valence-electron chi connectivity index (χ0n) is 17.7. The van der Waals surface area contributed by atoms with Gasteiger partial charge in [0.15, 0.2) is 0 Å². The summed E-state index contributed by atoms with van der Waals surface area (Å²) < 4.78 is 10.9. The molecule has 1 fully saturated rings. The molecule has 5 unspecified atom stereocenters. The Labute approximate surface area is 173 Å². The summed E-state index contributed by atoms with van der Waals surface area (Å²) in [6.07, 6.45) is 7.57. The molecule has 1 aromatic rings. The Kier molecular flexibility index (Phi) is 6.96. The van der Waals surface area contributed by atoms with Crippen LogP contribution in [0.5, 0.6) is 0 Å². The lowest BCUT2D eigenvalue weighted by Gasteiger charge is -2.38. The summed E-state index contributed by atoms with van der Waals surface area (Å²) in [6, 6.07) is 3.82. The summed E-state index contributed by atoms with van der Waals surface area (Å²) in [4.78, 5) is 19.5. The van der Waals surface area contributed by atoms with Gasteiger partial charge in [0.2, 0.25) is 5.91 Å². The number of amides is 1. The van der Waals surface area contributed by atoms with Gasteiger partial charge in [-0.3, -0.25) is 9.78 Å². The van der Waals surface area contributed by atoms with Gasteiger partial charge in [-0.2, -0.15) is 0 Å². The highest BCUT2D eigenvalue weighted by Crippen LogP contribution is 2.39. The smallest absolute Gasteiger partial charge is 0.223 e. The highest BCUT2D eigenvalue weighted by molar-refractivity contribution is 5.77. The van der Waals surface area contributed by atoms with Crippen LogP contribution in [-0.2, 0) is 14.3 Å². The average Bonchev–Trinajstić information content (AvgIpc) is 2.71. The molecular formula is C23H32N2O4. The van der Waals surface area contributed by atoms with E-state index in [0.717, 1.165) is 25.1 Å². The van der Waals surface area contributed by atoms with Crippen molar-refractivity contribution in [1.29, 1.82) is 0 Å². The van der Waals surface area contributed by atoms with E-state index in [2.05, 4.69) is 18.8 Å². The summed E-state index contributed by atoms with van der Waals surface area (Å²) in [7, 11) is 3.14. The number of aliphatic hydroxyl groups excluding tert-OH is 1. The number of allylic oxidation sites excluding steroid dienone is 1. The second-order valence-electron chi connectivity index (χ2n) is 8.38. The minimum atomic E-state index is -0.817. The lowest BCUT2D eigenvalue weighted by molar-refractivity contribution is -0.134. The van der Waals surface area contributed by atoms with Gasteiger partial charge in [0.25, 0.3) is 0 Å². The van der Waals surface area contributed by atoms with Crippen LogP contribution in [0.15, 0.2) is 48.2 Å². The zero-order valence-corrected chi connectivity index (χ0v) is 17.7. The molecule has 1 aliphatic carbocycles. The van der Waals surface area contributed by atoms with E-state index in [9.17, 15) is 9.90 Å². The highest BCUT2D eigenvalue weighted by atomic mass is 16.5. The number of aliphatic hydroxyl groups is 1. The van der Waals surface area contributed by atoms with E-state index >= 15 is 0 Å². The fourth-order valence-corrected chi connectivity index (χ4v) is 4.71. The van der Waals surface area contributed by atoms with Gasteiger partial charge in [0.1, 0.15) is 11.5 Å². The van der Waals surface area contributed by atoms with E-state index in [0.29, 0.717) is 29.8 Å². The van der Waals surface area contributed by atoms with Crippen molar-refractivity contribution in [2.75, 3.05) is 27.3 Å². The number of rotatable bonds is 6. The maximum atomic E-state index is 13.3. The third kappa shape index (κ3) is 4.99. The lowest BCUT2D eigenvalue weighted by Crippen LogP contribution is -2.44. The first-order valence-electron chi connectivity index (χ1n) is 10.3. The van der Waals surface area contributed by atoms with Crippen molar-refractivity contribution in [2.24, 2.45) is 17.8 Å². The Morgan fingerprint density at radius 3 is 2.59 bits per heavy atom. The molecule has 6 heteroatoms. The van der Waals surface area contributed by atoms with Crippen LogP contribution < -0.4 is 0 Å². The molecule has 1 aliphatic heterocycles. The number of hydrogen-bond acceptors (Lipinski definition) is 5. The molecule has 1 N–H and O–H groups in total. The lowest BCUT2D eigenvalue weighted by atomic mass is 9.77. The number of nitrogens with zero attached hydrogens (tertiary/aromatic N) is 2. The monoisotopic (exact) mass is 400 g/mol. The quantitative estimate of drug-likeness (QED) is 0.794. The van der Waals surface area contributed by atoms with E-state index < -0.39 is 6.10 Å². The van der Waals surface area contributed by atoms with E-state index in [-0.39, 0.29) is 17.7 Å². The first-order valence-corrected chi connectivity index (χ1v) is 10.3. The molecule has 2 heterocycles. The number of carbonyl (C=O) groups excluding carboxylic acids is 1. The van der Waals surface area contributed by atoms with Gasteiger partial charge in [-0.15, -0.1) is 0 Å². The fraction of sp³-hybridized carbons (Fsp3) is 0.565. The number of hydrogen-bond donors (Lipinski definition) is 1. The predicted octanol–water partition coefficient (Wildman–Crippen LogP) is 3.11. The second-order valence-corrected chi connectivity index (χ2v) is 8.38. The fourth-order valence-electron chi connectivity index (χ4n) is 4.71. The van der Waals surface area contributed by atoms with Crippen LogP contribution in [-0.4, -0.2) is 54.3 Å². The van der Waals surface area contributed by atoms with Gasteiger partial charge in [-0.1, -0.05) is 19.9 Å². The standard InChI is InChI=1S/C23H32N2O4/c1-15-8-16(2)14-25(13-15)22(27)11-19(17-6-5-7-24-12-17)23-20(26)9-18(28-3)10-21(23)29-4/h5-7,9-10,12,15-16,19-20,23,26H,8,11,13-14H2,1-4H3. The molecule has 29 heavy (non-hydrogen) atoms. The Balaban J connectivity index is 1.89. The van der Waals surface area contributed by atoms with Crippen molar-refractivity contribution < 1.29 is 19.4 Å². The van der Waals surface area contributed by atoms with Gasteiger partial charge < -0.3 is 19.5 Å². The van der Waals surface area contributed by atoms with E-state index in [1.807, 2.05) is 17.0 Å². The topological polar surface area (TPSA) is 71.9 Å². The first kappa shape index (κ1) is 21.4. The maximum Gasteiger partial charge on any atom is 0.223 e. The summed E-state index contributed by atoms with van der Waals surface area (Å²) >= 11 is 0. The van der Waals surface area contributed by atoms with E-state index in [4.69, 9.17) is 9.47 Å². The van der Waals surface area contributed by atoms with Gasteiger partial charge in [-0.05, 0) is 36.0 Å². The van der Waals surface area contributed by atoms with Crippen molar-refractivity contribution in [2.45, 2.75) is 38.7 Å². The number of methoxy groups -OCH3 is 2. The first-order chi connectivity index (χ1) is 13.9. The number of aromatic nitrogens is 1. The molecular weight excluding hydrogens is 368 g/mol. The van der Waals surface area contributed by atoms with E-state index in [1.165, 1.54) is 0 Å². The normalized spacial score (nSPS) is 28.2. The number of ether oxygens (including phenoxy) is 2. The van der Waals surface area contributed by atoms with Crippen LogP contribution in [0.2, 0.25) is 0 Å². The molecule has 1 saturated heterocycles. The van der Waals surface area contributed by atoms with E-state index in [1.54, 1.807) is 38.8 Å². The van der Waals surface area contributed by atoms with Crippen molar-refractivity contribution in [3.05, 3.63) is 53.8 Å². The maximum absolute atomic E-state index is 13.3. The van der Waals surface area contributed by atoms with Crippen LogP contribution in [0.25, 0.3) is 0 Å². The molecule has 6 nitrogen and oxygen atoms in total. The van der Waals surface area contributed by atoms with Crippen molar-refractivity contribution in [1.82, 2.24) is 9.88 Å². The molecule has 0 aromatic carbocycles. The molecule has 0 spiro atoms. The van der Waals surface area contributed by atoms with Crippen LogP contribution in [0, 0.1) is 17.8 Å². The van der Waals surface area contributed by atoms with Gasteiger partial charge in [0, 0.05) is 43.9 Å². The third-order valence-electron chi connectivity index (χ3n) is 5.95. The van der Waals surface area contributed by atoms with Crippen molar-refractivity contribution >= 4 is 5.91 Å². The molecule has 5 atom stereocenters. The van der Waals surface area contributed by atoms with Gasteiger partial charge >= 0.3 is 0 Å². The summed E-state index contributed by atoms with van der Waals surface area (Å²) in [5, 5.41) is 10.9. The Morgan fingerprint density at radius 2 is 2.00 bits per heavy atom. The summed E-state index contributed by atoms with van der Waals surface area (Å²) in [5.41, 5.74) is 0.917. The Bertz CT molecular complexity index is 751. The highest BCUT2D eigenvalue weighted by Gasteiger charge is 2.38. The minimum absolute atomic E-state index is 0.112. The number of piperidine rings is 1. The van der Waals surface area contributed by atoms with Gasteiger partial charge in [-0.25, -0.2) is 0 Å².